The van der Waals surface area contributed by atoms with Crippen LogP contribution in [0, 0.1) is 0 Å². The highest BCUT2D eigenvalue weighted by Gasteiger charge is 2.34. The van der Waals surface area contributed by atoms with Gasteiger partial charge in [0.25, 0.3) is 11.1 Å². The lowest BCUT2D eigenvalue weighted by Crippen LogP contribution is -2.27. The number of carbonyl (C=O) groups excluding carboxylic acids is 2. The predicted octanol–water partition coefficient (Wildman–Crippen LogP) is 3.57. The zero-order valence-corrected chi connectivity index (χ0v) is 12.3. The van der Waals surface area contributed by atoms with Gasteiger partial charge in [0.2, 0.25) is 0 Å². The van der Waals surface area contributed by atoms with Crippen LogP contribution in [0.25, 0.3) is 6.08 Å². The monoisotopic (exact) mass is 309 g/mol. The second-order valence-corrected chi connectivity index (χ2v) is 5.40. The molecule has 20 heavy (non-hydrogen) atoms. The van der Waals surface area contributed by atoms with E-state index >= 15 is 0 Å². The molecule has 0 atom stereocenters. The Balaban J connectivity index is 2.37. The maximum atomic E-state index is 12.1. The van der Waals surface area contributed by atoms with Crippen molar-refractivity contribution in [3.05, 3.63) is 46.3 Å². The minimum absolute atomic E-state index is 0.203. The molecule has 0 bridgehead atoms. The summed E-state index contributed by atoms with van der Waals surface area (Å²) in [6, 6.07) is 5.09. The minimum atomic E-state index is -0.332. The van der Waals surface area contributed by atoms with Crippen molar-refractivity contribution < 1.29 is 14.3 Å². The number of halogens is 1. The highest BCUT2D eigenvalue weighted by Crippen LogP contribution is 2.34. The Morgan fingerprint density at radius 2 is 2.20 bits per heavy atom. The summed E-state index contributed by atoms with van der Waals surface area (Å²) in [5, 5.41) is 0.226. The summed E-state index contributed by atoms with van der Waals surface area (Å²) in [5.41, 5.74) is 0.657. The molecule has 0 N–H and O–H groups in total. The summed E-state index contributed by atoms with van der Waals surface area (Å²) in [5.74, 6) is 0.256. The average Bonchev–Trinajstić information content (AvgIpc) is 2.67. The van der Waals surface area contributed by atoms with Gasteiger partial charge >= 0.3 is 0 Å². The van der Waals surface area contributed by atoms with Gasteiger partial charge < -0.3 is 4.74 Å². The fourth-order valence-corrected chi connectivity index (χ4v) is 2.77. The number of imide groups is 1. The number of hydrogen-bond acceptors (Lipinski definition) is 4. The first-order valence-corrected chi connectivity index (χ1v) is 6.96. The van der Waals surface area contributed by atoms with Crippen LogP contribution in [-0.2, 0) is 4.79 Å². The number of nitrogens with zero attached hydrogens (tertiary/aromatic N) is 1. The van der Waals surface area contributed by atoms with Crippen molar-refractivity contribution in [2.24, 2.45) is 0 Å². The van der Waals surface area contributed by atoms with Crippen LogP contribution in [0.2, 0.25) is 5.02 Å². The molecule has 6 heteroatoms. The van der Waals surface area contributed by atoms with E-state index in [0.717, 1.165) is 16.7 Å². The number of hydrogen-bond donors (Lipinski definition) is 0. The number of rotatable bonds is 4. The maximum Gasteiger partial charge on any atom is 0.293 e. The number of ether oxygens (including phenoxy) is 1. The second kappa shape index (κ2) is 6.15. The van der Waals surface area contributed by atoms with Crippen LogP contribution in [0.4, 0.5) is 4.79 Å². The van der Waals surface area contributed by atoms with Crippen molar-refractivity contribution in [2.75, 3.05) is 13.7 Å². The van der Waals surface area contributed by atoms with E-state index < -0.39 is 0 Å². The summed E-state index contributed by atoms with van der Waals surface area (Å²) in [6.07, 6.45) is 3.12. The molecule has 2 amide bonds. The van der Waals surface area contributed by atoms with Crippen LogP contribution in [-0.4, -0.2) is 29.7 Å². The maximum absolute atomic E-state index is 12.1. The Morgan fingerprint density at radius 1 is 1.45 bits per heavy atom. The molecule has 1 fully saturated rings. The lowest BCUT2D eigenvalue weighted by atomic mass is 10.2. The lowest BCUT2D eigenvalue weighted by molar-refractivity contribution is -0.122. The summed E-state index contributed by atoms with van der Waals surface area (Å²) in [4.78, 5) is 25.3. The van der Waals surface area contributed by atoms with Gasteiger partial charge in [0.05, 0.1) is 12.0 Å². The number of methoxy groups -OCH3 is 1. The van der Waals surface area contributed by atoms with Crippen LogP contribution in [0.15, 0.2) is 35.8 Å². The number of benzene rings is 1. The van der Waals surface area contributed by atoms with Crippen molar-refractivity contribution in [1.82, 2.24) is 4.90 Å². The fraction of sp³-hybridized carbons (Fsp3) is 0.143. The quantitative estimate of drug-likeness (QED) is 0.630. The lowest BCUT2D eigenvalue weighted by Gasteiger charge is -2.08. The third-order valence-corrected chi connectivity index (χ3v) is 3.81. The second-order valence-electron chi connectivity index (χ2n) is 3.97. The van der Waals surface area contributed by atoms with Crippen LogP contribution >= 0.6 is 23.4 Å². The van der Waals surface area contributed by atoms with E-state index in [4.69, 9.17) is 16.3 Å². The summed E-state index contributed by atoms with van der Waals surface area (Å²) in [6.45, 7) is 3.73. The molecule has 1 aromatic carbocycles. The molecule has 1 aliphatic heterocycles. The van der Waals surface area contributed by atoms with Gasteiger partial charge in [-0.3, -0.25) is 14.5 Å². The Bertz CT molecular complexity index is 612. The summed E-state index contributed by atoms with van der Waals surface area (Å²) in [7, 11) is 1.53. The topological polar surface area (TPSA) is 46.6 Å². The first kappa shape index (κ1) is 14.7. The Labute approximate surface area is 126 Å². The Kier molecular flexibility index (Phi) is 4.52. The SMILES string of the molecule is C=CCN1C(=O)SC(=Cc2cc(Cl)ccc2OC)C1=O. The highest BCUT2D eigenvalue weighted by molar-refractivity contribution is 8.18. The molecule has 0 spiro atoms. The molecule has 1 saturated heterocycles. The van der Waals surface area contributed by atoms with E-state index in [1.807, 2.05) is 0 Å². The molecule has 0 unspecified atom stereocenters. The number of thioether (sulfide) groups is 1. The van der Waals surface area contributed by atoms with E-state index in [9.17, 15) is 9.59 Å². The molecule has 1 heterocycles. The predicted molar refractivity (Wildman–Crippen MR) is 80.9 cm³/mol. The smallest absolute Gasteiger partial charge is 0.293 e. The standard InChI is InChI=1S/C14H12ClNO3S/c1-3-6-16-13(17)12(20-14(16)18)8-9-7-10(15)4-5-11(9)19-2/h3-5,7-8H,1,6H2,2H3. The largest absolute Gasteiger partial charge is 0.496 e. The zero-order chi connectivity index (χ0) is 14.7. The van der Waals surface area contributed by atoms with Gasteiger partial charge in [-0.2, -0.15) is 0 Å². The van der Waals surface area contributed by atoms with Gasteiger partial charge in [-0.25, -0.2) is 0 Å². The molecule has 0 aromatic heterocycles. The molecule has 1 aliphatic rings. The van der Waals surface area contributed by atoms with Gasteiger partial charge in [0.1, 0.15) is 5.75 Å². The van der Waals surface area contributed by atoms with Crippen molar-refractivity contribution in [1.29, 1.82) is 0 Å². The molecular formula is C14H12ClNO3S. The van der Waals surface area contributed by atoms with E-state index in [-0.39, 0.29) is 17.7 Å². The van der Waals surface area contributed by atoms with Gasteiger partial charge in [-0.15, -0.1) is 6.58 Å². The van der Waals surface area contributed by atoms with Crippen molar-refractivity contribution in [3.63, 3.8) is 0 Å². The molecular weight excluding hydrogens is 298 g/mol. The third kappa shape index (κ3) is 2.89. The van der Waals surface area contributed by atoms with Crippen LogP contribution < -0.4 is 4.74 Å². The molecule has 2 rings (SSSR count). The minimum Gasteiger partial charge on any atom is -0.496 e. The fourth-order valence-electron chi connectivity index (χ4n) is 1.75. The Hall–Kier alpha value is -1.72. The summed E-state index contributed by atoms with van der Waals surface area (Å²) >= 11 is 6.83. The van der Waals surface area contributed by atoms with E-state index in [1.54, 1.807) is 24.3 Å². The molecule has 4 nitrogen and oxygen atoms in total. The van der Waals surface area contributed by atoms with Gasteiger partial charge in [0, 0.05) is 17.1 Å². The highest BCUT2D eigenvalue weighted by atomic mass is 35.5. The van der Waals surface area contributed by atoms with Gasteiger partial charge in [-0.05, 0) is 36.0 Å². The molecule has 0 aliphatic carbocycles. The molecule has 0 radical (unpaired) electrons. The van der Waals surface area contributed by atoms with E-state index in [2.05, 4.69) is 6.58 Å². The first-order valence-electron chi connectivity index (χ1n) is 5.76. The van der Waals surface area contributed by atoms with Gasteiger partial charge in [0.15, 0.2) is 0 Å². The number of amides is 2. The first-order chi connectivity index (χ1) is 9.56. The number of carbonyl (C=O) groups is 2. The van der Waals surface area contributed by atoms with Crippen LogP contribution in [0.1, 0.15) is 5.56 Å². The normalized spacial score (nSPS) is 16.9. The van der Waals surface area contributed by atoms with E-state index in [0.29, 0.717) is 21.2 Å². The van der Waals surface area contributed by atoms with Crippen molar-refractivity contribution in [3.8, 4) is 5.75 Å². The third-order valence-electron chi connectivity index (χ3n) is 2.66. The summed E-state index contributed by atoms with van der Waals surface area (Å²) < 4.78 is 5.21. The molecule has 104 valence electrons. The van der Waals surface area contributed by atoms with Crippen molar-refractivity contribution in [2.45, 2.75) is 0 Å². The van der Waals surface area contributed by atoms with Gasteiger partial charge in [-0.1, -0.05) is 17.7 Å². The average molecular weight is 310 g/mol. The zero-order valence-electron chi connectivity index (χ0n) is 10.8. The van der Waals surface area contributed by atoms with Crippen molar-refractivity contribution >= 4 is 40.6 Å². The Morgan fingerprint density at radius 3 is 2.85 bits per heavy atom. The van der Waals surface area contributed by atoms with Crippen LogP contribution in [0.5, 0.6) is 5.75 Å². The molecule has 1 aromatic rings. The van der Waals surface area contributed by atoms with Crippen LogP contribution in [0.3, 0.4) is 0 Å². The molecule has 0 saturated carbocycles. The van der Waals surface area contributed by atoms with E-state index in [1.165, 1.54) is 13.2 Å².